The van der Waals surface area contributed by atoms with Crippen LogP contribution in [0.1, 0.15) is 15.9 Å². The fraction of sp³-hybridized carbons (Fsp3) is 0.125. The number of nitrogens with one attached hydrogen (secondary N) is 1. The van der Waals surface area contributed by atoms with E-state index in [0.717, 1.165) is 5.56 Å². The molecule has 0 aliphatic heterocycles. The average Bonchev–Trinajstić information content (AvgIpc) is 2.55. The molecule has 6 nitrogen and oxygen atoms in total. The lowest BCUT2D eigenvalue weighted by molar-refractivity contribution is -0.684. The van der Waals surface area contributed by atoms with Gasteiger partial charge in [0.15, 0.2) is 12.4 Å². The summed E-state index contributed by atoms with van der Waals surface area (Å²) in [7, 11) is 1.33. The second-order valence-corrected chi connectivity index (χ2v) is 4.45. The van der Waals surface area contributed by atoms with Crippen molar-refractivity contribution in [2.75, 3.05) is 7.11 Å². The number of benzene rings is 1. The van der Waals surface area contributed by atoms with Crippen LogP contribution in [-0.2, 0) is 16.1 Å². The summed E-state index contributed by atoms with van der Waals surface area (Å²) in [6.45, 7) is 0.194. The Hall–Kier alpha value is -2.73. The van der Waals surface area contributed by atoms with E-state index < -0.39 is 5.97 Å². The molecule has 23 heavy (non-hydrogen) atoms. The number of halogens is 1. The van der Waals surface area contributed by atoms with Gasteiger partial charge >= 0.3 is 11.9 Å². The summed E-state index contributed by atoms with van der Waals surface area (Å²) in [5, 5.41) is 3.88. The molecule has 0 fully saturated rings. The van der Waals surface area contributed by atoms with E-state index in [4.69, 9.17) is 0 Å². The van der Waals surface area contributed by atoms with E-state index >= 15 is 0 Å². The summed E-state index contributed by atoms with van der Waals surface area (Å²) >= 11 is 0. The molecule has 0 atom stereocenters. The molecule has 2 aromatic rings. The van der Waals surface area contributed by atoms with Crippen LogP contribution in [0.15, 0.2) is 60.0 Å². The van der Waals surface area contributed by atoms with E-state index in [-0.39, 0.29) is 24.9 Å². The maximum Gasteiger partial charge on any atom is 0.337 e. The topological polar surface area (TPSA) is 71.6 Å². The third-order valence-electron chi connectivity index (χ3n) is 2.84. The van der Waals surface area contributed by atoms with Gasteiger partial charge in [0.05, 0.1) is 18.9 Å². The Balaban J connectivity index is 0.00000264. The van der Waals surface area contributed by atoms with E-state index in [0.29, 0.717) is 5.56 Å². The summed E-state index contributed by atoms with van der Waals surface area (Å²) in [4.78, 5) is 23.0. The number of esters is 1. The zero-order valence-corrected chi connectivity index (χ0v) is 13.2. The summed E-state index contributed by atoms with van der Waals surface area (Å²) in [6, 6.07) is 12.3. The van der Waals surface area contributed by atoms with E-state index in [1.54, 1.807) is 41.2 Å². The third-order valence-corrected chi connectivity index (χ3v) is 2.84. The number of nitrogens with zero attached hydrogens (tertiary/aromatic N) is 2. The summed E-state index contributed by atoms with van der Waals surface area (Å²) in [5.41, 5.74) is 3.67. The summed E-state index contributed by atoms with van der Waals surface area (Å²) < 4.78 is 6.36. The first-order chi connectivity index (χ1) is 10.7. The molecule has 1 N–H and O–H groups in total. The van der Waals surface area contributed by atoms with Crippen LogP contribution in [0.25, 0.3) is 0 Å². The number of aromatic nitrogens is 1. The van der Waals surface area contributed by atoms with Crippen LogP contribution in [0, 0.1) is 0 Å². The van der Waals surface area contributed by atoms with E-state index in [2.05, 4.69) is 15.3 Å². The highest BCUT2D eigenvalue weighted by Gasteiger charge is 2.06. The number of rotatable bonds is 5. The van der Waals surface area contributed by atoms with Gasteiger partial charge in [-0.1, -0.05) is 18.2 Å². The van der Waals surface area contributed by atoms with Crippen LogP contribution in [0.3, 0.4) is 0 Å². The smallest absolute Gasteiger partial charge is 0.337 e. The number of hydrogen-bond acceptors (Lipinski definition) is 4. The molecule has 1 amide bonds. The lowest BCUT2D eigenvalue weighted by atomic mass is 10.1. The molecule has 0 spiro atoms. The monoisotopic (exact) mass is 333 g/mol. The Morgan fingerprint density at radius 1 is 1.17 bits per heavy atom. The van der Waals surface area contributed by atoms with Gasteiger partial charge in [-0.2, -0.15) is 9.67 Å². The second-order valence-electron chi connectivity index (χ2n) is 4.45. The maximum atomic E-state index is 11.7. The van der Waals surface area contributed by atoms with Gasteiger partial charge in [0.1, 0.15) is 0 Å². The predicted molar refractivity (Wildman–Crippen MR) is 80.2 cm³/mol. The molecule has 0 bridgehead atoms. The highest BCUT2D eigenvalue weighted by atomic mass is 35.5. The van der Waals surface area contributed by atoms with Gasteiger partial charge in [-0.3, -0.25) is 4.79 Å². The fourth-order valence-electron chi connectivity index (χ4n) is 1.74. The van der Waals surface area contributed by atoms with Crippen molar-refractivity contribution in [3.8, 4) is 0 Å². The first kappa shape index (κ1) is 18.3. The van der Waals surface area contributed by atoms with Gasteiger partial charge in [-0.15, -0.1) is 0 Å². The number of ether oxygens (including phenoxy) is 1. The SMILES string of the molecule is COC(=O)c1ccc(C=NNC(=O)C[n+]2ccccc2)cc1.[Cl-]. The fourth-order valence-corrected chi connectivity index (χ4v) is 1.74. The number of hydrazone groups is 1. The van der Waals surface area contributed by atoms with Crippen molar-refractivity contribution in [1.82, 2.24) is 5.43 Å². The van der Waals surface area contributed by atoms with E-state index in [1.807, 2.05) is 18.2 Å². The van der Waals surface area contributed by atoms with Crippen molar-refractivity contribution < 1.29 is 31.3 Å². The van der Waals surface area contributed by atoms with E-state index in [1.165, 1.54) is 13.3 Å². The van der Waals surface area contributed by atoms with Gasteiger partial charge in [-0.25, -0.2) is 10.2 Å². The molecule has 1 heterocycles. The Labute approximate surface area is 140 Å². The number of hydrogen-bond donors (Lipinski definition) is 1. The van der Waals surface area contributed by atoms with Gasteiger partial charge in [0.25, 0.3) is 0 Å². The lowest BCUT2D eigenvalue weighted by Gasteiger charge is -1.99. The Kier molecular flexibility index (Phi) is 7.42. The Morgan fingerprint density at radius 3 is 2.43 bits per heavy atom. The number of carbonyl (C=O) groups is 2. The highest BCUT2D eigenvalue weighted by molar-refractivity contribution is 5.90. The first-order valence-corrected chi connectivity index (χ1v) is 6.63. The van der Waals surface area contributed by atoms with Crippen molar-refractivity contribution >= 4 is 18.1 Å². The first-order valence-electron chi connectivity index (χ1n) is 6.63. The standard InChI is InChI=1S/C16H15N3O3.ClH/c1-22-16(21)14-7-5-13(6-8-14)11-17-18-15(20)12-19-9-3-2-4-10-19;/h2-11H,12H2,1H3;1H. The van der Waals surface area contributed by atoms with Gasteiger partial charge in [0.2, 0.25) is 6.54 Å². The Bertz CT molecular complexity index is 673. The van der Waals surface area contributed by atoms with Crippen LogP contribution < -0.4 is 22.4 Å². The summed E-state index contributed by atoms with van der Waals surface area (Å²) in [6.07, 6.45) is 5.11. The molecule has 0 radical (unpaired) electrons. The predicted octanol–water partition coefficient (Wildman–Crippen LogP) is -2.08. The van der Waals surface area contributed by atoms with Crippen molar-refractivity contribution in [1.29, 1.82) is 0 Å². The van der Waals surface area contributed by atoms with Gasteiger partial charge in [-0.05, 0) is 17.7 Å². The number of amides is 1. The molecule has 1 aromatic heterocycles. The lowest BCUT2D eigenvalue weighted by Crippen LogP contribution is -3.00. The molecule has 0 aliphatic rings. The second kappa shape index (κ2) is 9.32. The molecule has 0 saturated carbocycles. The third kappa shape index (κ3) is 5.88. The molecular weight excluding hydrogens is 318 g/mol. The number of carbonyl (C=O) groups excluding carboxylic acids is 2. The minimum atomic E-state index is -0.392. The summed E-state index contributed by atoms with van der Waals surface area (Å²) in [5.74, 6) is -0.615. The molecule has 2 rings (SSSR count). The van der Waals surface area contributed by atoms with Crippen LogP contribution >= 0.6 is 0 Å². The van der Waals surface area contributed by atoms with Gasteiger partial charge < -0.3 is 17.1 Å². The van der Waals surface area contributed by atoms with Crippen LogP contribution in [-0.4, -0.2) is 25.2 Å². The number of methoxy groups -OCH3 is 1. The van der Waals surface area contributed by atoms with Crippen molar-refractivity contribution in [3.05, 3.63) is 66.0 Å². The maximum absolute atomic E-state index is 11.7. The van der Waals surface area contributed by atoms with Crippen LogP contribution in [0.4, 0.5) is 0 Å². The average molecular weight is 334 g/mol. The Morgan fingerprint density at radius 2 is 1.83 bits per heavy atom. The molecule has 120 valence electrons. The molecule has 0 saturated heterocycles. The van der Waals surface area contributed by atoms with Gasteiger partial charge in [0, 0.05) is 12.1 Å². The minimum absolute atomic E-state index is 0. The highest BCUT2D eigenvalue weighted by Crippen LogP contribution is 2.03. The molecule has 7 heteroatoms. The van der Waals surface area contributed by atoms with Crippen molar-refractivity contribution in [2.45, 2.75) is 6.54 Å². The zero-order chi connectivity index (χ0) is 15.8. The van der Waals surface area contributed by atoms with E-state index in [9.17, 15) is 9.59 Å². The zero-order valence-electron chi connectivity index (χ0n) is 12.5. The van der Waals surface area contributed by atoms with Crippen molar-refractivity contribution in [3.63, 3.8) is 0 Å². The molecule has 0 unspecified atom stereocenters. The largest absolute Gasteiger partial charge is 1.00 e. The van der Waals surface area contributed by atoms with Crippen LogP contribution in [0.5, 0.6) is 0 Å². The quantitative estimate of drug-likeness (QED) is 0.295. The van der Waals surface area contributed by atoms with Crippen LogP contribution in [0.2, 0.25) is 0 Å². The molecule has 1 aromatic carbocycles. The minimum Gasteiger partial charge on any atom is -1.00 e. The van der Waals surface area contributed by atoms with Crippen molar-refractivity contribution in [2.24, 2.45) is 5.10 Å². The number of pyridine rings is 1. The molecule has 0 aliphatic carbocycles. The normalized spacial score (nSPS) is 9.96. The molecular formula is C16H16ClN3O3.